The van der Waals surface area contributed by atoms with Gasteiger partial charge in [0.2, 0.25) is 5.91 Å². The summed E-state index contributed by atoms with van der Waals surface area (Å²) in [5, 5.41) is 8.56. The van der Waals surface area contributed by atoms with Crippen LogP contribution in [0.2, 0.25) is 0 Å². The lowest BCUT2D eigenvalue weighted by molar-refractivity contribution is -0.138. The molecule has 0 saturated carbocycles. The minimum Gasteiger partial charge on any atom is -0.480 e. The van der Waals surface area contributed by atoms with E-state index >= 15 is 0 Å². The summed E-state index contributed by atoms with van der Waals surface area (Å²) < 4.78 is 25.6. The van der Waals surface area contributed by atoms with E-state index in [0.29, 0.717) is 0 Å². The van der Waals surface area contributed by atoms with Crippen molar-refractivity contribution in [3.05, 3.63) is 29.8 Å². The van der Waals surface area contributed by atoms with Gasteiger partial charge in [-0.1, -0.05) is 17.7 Å². The summed E-state index contributed by atoms with van der Waals surface area (Å²) in [6.45, 7) is 1.81. The van der Waals surface area contributed by atoms with Gasteiger partial charge < -0.3 is 10.8 Å². The molecular weight excluding hydrogens is 284 g/mol. The van der Waals surface area contributed by atoms with Crippen LogP contribution in [-0.2, 0) is 19.6 Å². The van der Waals surface area contributed by atoms with Gasteiger partial charge in [-0.15, -0.1) is 0 Å². The Morgan fingerprint density at radius 3 is 2.35 bits per heavy atom. The average molecular weight is 300 g/mol. The minimum absolute atomic E-state index is 0.0287. The third kappa shape index (κ3) is 4.63. The van der Waals surface area contributed by atoms with E-state index in [-0.39, 0.29) is 17.7 Å². The molecule has 0 fully saturated rings. The molecule has 0 aliphatic carbocycles. The highest BCUT2D eigenvalue weighted by atomic mass is 32.2. The topological polar surface area (TPSA) is 127 Å². The Morgan fingerprint density at radius 1 is 1.30 bits per heavy atom. The molecule has 8 heteroatoms. The zero-order chi connectivity index (χ0) is 15.3. The van der Waals surface area contributed by atoms with Gasteiger partial charge in [0, 0.05) is 6.42 Å². The second kappa shape index (κ2) is 6.49. The van der Waals surface area contributed by atoms with Gasteiger partial charge in [0.25, 0.3) is 10.0 Å². The lowest BCUT2D eigenvalue weighted by Crippen LogP contribution is -2.34. The van der Waals surface area contributed by atoms with Gasteiger partial charge in [0.05, 0.1) is 4.90 Å². The van der Waals surface area contributed by atoms with Crippen LogP contribution in [0.25, 0.3) is 0 Å². The molecule has 0 heterocycles. The first-order chi connectivity index (χ1) is 9.22. The van der Waals surface area contributed by atoms with Crippen LogP contribution in [0.1, 0.15) is 18.4 Å². The maximum absolute atomic E-state index is 11.9. The summed E-state index contributed by atoms with van der Waals surface area (Å²) in [7, 11) is -3.93. The molecule has 1 aromatic rings. The summed E-state index contributed by atoms with van der Waals surface area (Å²) in [5.41, 5.74) is 6.12. The van der Waals surface area contributed by atoms with Gasteiger partial charge in [-0.2, -0.15) is 0 Å². The van der Waals surface area contributed by atoms with E-state index in [1.54, 1.807) is 12.1 Å². The number of benzene rings is 1. The maximum Gasteiger partial charge on any atom is 0.320 e. The number of carboxylic acids is 1. The Labute approximate surface area is 116 Å². The zero-order valence-corrected chi connectivity index (χ0v) is 11.7. The number of sulfonamides is 1. The fourth-order valence-electron chi connectivity index (χ4n) is 1.39. The van der Waals surface area contributed by atoms with Crippen molar-refractivity contribution in [1.29, 1.82) is 0 Å². The van der Waals surface area contributed by atoms with Crippen molar-refractivity contribution in [2.24, 2.45) is 5.73 Å². The normalized spacial score (nSPS) is 12.7. The van der Waals surface area contributed by atoms with Gasteiger partial charge in [-0.25, -0.2) is 13.1 Å². The first-order valence-corrected chi connectivity index (χ1v) is 7.31. The molecule has 20 heavy (non-hydrogen) atoms. The van der Waals surface area contributed by atoms with Gasteiger partial charge >= 0.3 is 5.97 Å². The lowest BCUT2D eigenvalue weighted by atomic mass is 10.2. The first-order valence-electron chi connectivity index (χ1n) is 5.83. The van der Waals surface area contributed by atoms with Crippen molar-refractivity contribution < 1.29 is 23.1 Å². The molecule has 0 unspecified atom stereocenters. The number of amides is 1. The average Bonchev–Trinajstić information content (AvgIpc) is 2.35. The minimum atomic E-state index is -3.93. The van der Waals surface area contributed by atoms with Crippen molar-refractivity contribution >= 4 is 21.9 Å². The van der Waals surface area contributed by atoms with Gasteiger partial charge in [-0.3, -0.25) is 9.59 Å². The second-order valence-corrected chi connectivity index (χ2v) is 6.01. The van der Waals surface area contributed by atoms with Crippen LogP contribution in [0.5, 0.6) is 0 Å². The van der Waals surface area contributed by atoms with Gasteiger partial charge in [0.1, 0.15) is 6.04 Å². The molecule has 1 amide bonds. The van der Waals surface area contributed by atoms with E-state index in [1.165, 1.54) is 12.1 Å². The van der Waals surface area contributed by atoms with Crippen molar-refractivity contribution in [2.45, 2.75) is 30.7 Å². The molecule has 0 aromatic heterocycles. The Bertz CT molecular complexity index is 595. The van der Waals surface area contributed by atoms with Crippen molar-refractivity contribution in [3.63, 3.8) is 0 Å². The summed E-state index contributed by atoms with van der Waals surface area (Å²) in [5.74, 6) is -2.03. The molecular formula is C12H16N2O5S. The number of aryl methyl sites for hydroxylation is 1. The van der Waals surface area contributed by atoms with E-state index in [0.717, 1.165) is 5.56 Å². The Kier molecular flexibility index (Phi) is 5.23. The molecule has 4 N–H and O–H groups in total. The smallest absolute Gasteiger partial charge is 0.320 e. The van der Waals surface area contributed by atoms with Crippen LogP contribution in [0.3, 0.4) is 0 Å². The molecule has 1 atom stereocenters. The second-order valence-electron chi connectivity index (χ2n) is 4.33. The Morgan fingerprint density at radius 2 is 1.85 bits per heavy atom. The number of rotatable bonds is 6. The highest BCUT2D eigenvalue weighted by Gasteiger charge is 2.19. The van der Waals surface area contributed by atoms with E-state index in [9.17, 15) is 18.0 Å². The van der Waals surface area contributed by atoms with E-state index in [1.807, 2.05) is 11.6 Å². The van der Waals surface area contributed by atoms with Crippen LogP contribution in [0.15, 0.2) is 29.2 Å². The molecule has 110 valence electrons. The summed E-state index contributed by atoms with van der Waals surface area (Å²) in [6.07, 6.45) is -0.414. The maximum atomic E-state index is 11.9. The number of aliphatic carboxylic acids is 1. The number of nitrogens with one attached hydrogen (secondary N) is 1. The number of nitrogens with two attached hydrogens (primary N) is 1. The lowest BCUT2D eigenvalue weighted by Gasteiger charge is -2.08. The summed E-state index contributed by atoms with van der Waals surface area (Å²) in [4.78, 5) is 21.9. The quantitative estimate of drug-likeness (QED) is 0.678. The first kappa shape index (κ1) is 16.1. The van der Waals surface area contributed by atoms with Crippen molar-refractivity contribution in [2.75, 3.05) is 0 Å². The fourth-order valence-corrected chi connectivity index (χ4v) is 2.40. The third-order valence-corrected chi connectivity index (χ3v) is 3.97. The van der Waals surface area contributed by atoms with E-state index in [4.69, 9.17) is 10.8 Å². The SMILES string of the molecule is Cc1ccc(S(=O)(=O)NC(=O)CC[C@H](N)C(=O)O)cc1. The fraction of sp³-hybridized carbons (Fsp3) is 0.333. The van der Waals surface area contributed by atoms with Crippen LogP contribution < -0.4 is 10.5 Å². The largest absolute Gasteiger partial charge is 0.480 e. The number of hydrogen-bond acceptors (Lipinski definition) is 5. The molecule has 0 aliphatic rings. The van der Waals surface area contributed by atoms with E-state index in [2.05, 4.69) is 0 Å². The Balaban J connectivity index is 2.65. The highest BCUT2D eigenvalue weighted by molar-refractivity contribution is 7.90. The zero-order valence-electron chi connectivity index (χ0n) is 10.9. The molecule has 0 radical (unpaired) electrons. The predicted octanol–water partition coefficient (Wildman–Crippen LogP) is -0.00798. The molecule has 1 rings (SSSR count). The van der Waals surface area contributed by atoms with Crippen molar-refractivity contribution in [1.82, 2.24) is 4.72 Å². The standard InChI is InChI=1S/C12H16N2O5S/c1-8-2-4-9(5-3-8)20(18,19)14-11(15)7-6-10(13)12(16)17/h2-5,10H,6-7,13H2,1H3,(H,14,15)(H,16,17)/t10-/m0/s1. The number of carbonyl (C=O) groups is 2. The monoisotopic (exact) mass is 300 g/mol. The van der Waals surface area contributed by atoms with Crippen molar-refractivity contribution in [3.8, 4) is 0 Å². The molecule has 0 spiro atoms. The van der Waals surface area contributed by atoms with Crippen LogP contribution >= 0.6 is 0 Å². The summed E-state index contributed by atoms with van der Waals surface area (Å²) in [6, 6.07) is 4.79. The van der Waals surface area contributed by atoms with E-state index < -0.39 is 27.9 Å². The number of carbonyl (C=O) groups excluding carboxylic acids is 1. The molecule has 0 bridgehead atoms. The summed E-state index contributed by atoms with van der Waals surface area (Å²) >= 11 is 0. The van der Waals surface area contributed by atoms with Crippen LogP contribution in [0.4, 0.5) is 0 Å². The number of carboxylic acid groups (broad SMARTS) is 1. The van der Waals surface area contributed by atoms with Gasteiger partial charge in [0.15, 0.2) is 0 Å². The Hall–Kier alpha value is -1.93. The molecule has 0 aliphatic heterocycles. The predicted molar refractivity (Wildman–Crippen MR) is 71.4 cm³/mol. The van der Waals surface area contributed by atoms with Crippen LogP contribution in [-0.4, -0.2) is 31.4 Å². The van der Waals surface area contributed by atoms with Gasteiger partial charge in [-0.05, 0) is 25.5 Å². The number of hydrogen-bond donors (Lipinski definition) is 3. The molecule has 0 saturated heterocycles. The van der Waals surface area contributed by atoms with Crippen LogP contribution in [0, 0.1) is 6.92 Å². The molecule has 1 aromatic carbocycles. The third-order valence-electron chi connectivity index (χ3n) is 2.58. The molecule has 7 nitrogen and oxygen atoms in total. The highest BCUT2D eigenvalue weighted by Crippen LogP contribution is 2.10.